The van der Waals surface area contributed by atoms with Gasteiger partial charge in [0.05, 0.1) is 0 Å². The van der Waals surface area contributed by atoms with Gasteiger partial charge in [0, 0.05) is 22.4 Å². The van der Waals surface area contributed by atoms with Crippen LogP contribution in [0.25, 0.3) is 0 Å². The molecule has 1 aromatic heterocycles. The van der Waals surface area contributed by atoms with Gasteiger partial charge in [-0.3, -0.25) is 0 Å². The molecular formula is C14H21NS. The maximum absolute atomic E-state index is 3.66. The molecule has 0 saturated heterocycles. The van der Waals surface area contributed by atoms with Crippen LogP contribution in [0.4, 0.5) is 0 Å². The standard InChI is InChI=1S/C14H21NS/c1-13(2,3)15-11-14(8-4-5-9-14)12-7-6-10-16-12/h4-7,10,15H,8-9,11H2,1-3H3. The van der Waals surface area contributed by atoms with Crippen LogP contribution in [0.3, 0.4) is 0 Å². The second-order valence-corrected chi connectivity index (χ2v) is 6.69. The van der Waals surface area contributed by atoms with Crippen LogP contribution in [-0.2, 0) is 5.41 Å². The smallest absolute Gasteiger partial charge is 0.0240 e. The Morgan fingerprint density at radius 1 is 1.31 bits per heavy atom. The molecule has 1 N–H and O–H groups in total. The van der Waals surface area contributed by atoms with Crippen molar-refractivity contribution >= 4 is 11.3 Å². The van der Waals surface area contributed by atoms with Crippen molar-refractivity contribution in [2.75, 3.05) is 6.54 Å². The van der Waals surface area contributed by atoms with Crippen molar-refractivity contribution in [2.45, 2.75) is 44.6 Å². The lowest BCUT2D eigenvalue weighted by atomic mass is 9.83. The highest BCUT2D eigenvalue weighted by Crippen LogP contribution is 2.39. The minimum Gasteiger partial charge on any atom is -0.311 e. The van der Waals surface area contributed by atoms with E-state index in [9.17, 15) is 0 Å². The van der Waals surface area contributed by atoms with Gasteiger partial charge in [0.1, 0.15) is 0 Å². The monoisotopic (exact) mass is 235 g/mol. The molecular weight excluding hydrogens is 214 g/mol. The highest BCUT2D eigenvalue weighted by atomic mass is 32.1. The second-order valence-electron chi connectivity index (χ2n) is 5.74. The van der Waals surface area contributed by atoms with E-state index in [1.54, 1.807) is 0 Å². The maximum atomic E-state index is 3.66. The van der Waals surface area contributed by atoms with Gasteiger partial charge in [-0.15, -0.1) is 11.3 Å². The molecule has 0 atom stereocenters. The predicted molar refractivity (Wildman–Crippen MR) is 72.1 cm³/mol. The fraction of sp³-hybridized carbons (Fsp3) is 0.571. The molecule has 1 nitrogen and oxygen atoms in total. The molecule has 0 amide bonds. The average Bonchev–Trinajstić information content (AvgIpc) is 2.86. The van der Waals surface area contributed by atoms with Crippen LogP contribution < -0.4 is 5.32 Å². The minimum absolute atomic E-state index is 0.201. The molecule has 0 bridgehead atoms. The van der Waals surface area contributed by atoms with Crippen LogP contribution in [0, 0.1) is 0 Å². The fourth-order valence-electron chi connectivity index (χ4n) is 2.15. The summed E-state index contributed by atoms with van der Waals surface area (Å²) in [6.07, 6.45) is 7.00. The Kier molecular flexibility index (Phi) is 3.22. The lowest BCUT2D eigenvalue weighted by molar-refractivity contribution is 0.344. The summed E-state index contributed by atoms with van der Waals surface area (Å²) in [7, 11) is 0. The molecule has 16 heavy (non-hydrogen) atoms. The van der Waals surface area contributed by atoms with E-state index in [1.165, 1.54) is 17.7 Å². The van der Waals surface area contributed by atoms with E-state index in [4.69, 9.17) is 0 Å². The molecule has 2 rings (SSSR count). The Balaban J connectivity index is 2.12. The first-order valence-corrected chi connectivity index (χ1v) is 6.84. The van der Waals surface area contributed by atoms with Gasteiger partial charge in [-0.05, 0) is 45.1 Å². The fourth-order valence-corrected chi connectivity index (χ4v) is 3.10. The van der Waals surface area contributed by atoms with Crippen molar-refractivity contribution in [3.8, 4) is 0 Å². The van der Waals surface area contributed by atoms with Gasteiger partial charge in [0.15, 0.2) is 0 Å². The topological polar surface area (TPSA) is 12.0 Å². The van der Waals surface area contributed by atoms with E-state index in [2.05, 4.69) is 55.8 Å². The van der Waals surface area contributed by atoms with Crippen molar-refractivity contribution in [2.24, 2.45) is 0 Å². The zero-order valence-corrected chi connectivity index (χ0v) is 11.2. The third kappa shape index (κ3) is 2.55. The summed E-state index contributed by atoms with van der Waals surface area (Å²) < 4.78 is 0. The molecule has 88 valence electrons. The summed E-state index contributed by atoms with van der Waals surface area (Å²) in [4.78, 5) is 1.52. The molecule has 0 saturated carbocycles. The number of nitrogens with one attached hydrogen (secondary N) is 1. The highest BCUT2D eigenvalue weighted by molar-refractivity contribution is 7.10. The third-order valence-corrected chi connectivity index (χ3v) is 4.30. The third-order valence-electron chi connectivity index (χ3n) is 3.18. The SMILES string of the molecule is CC(C)(C)NCC1(c2cccs2)CC=CC1. The van der Waals surface area contributed by atoms with Crippen LogP contribution in [0.1, 0.15) is 38.5 Å². The number of allylic oxidation sites excluding steroid dienone is 2. The number of rotatable bonds is 3. The maximum Gasteiger partial charge on any atom is 0.0240 e. The van der Waals surface area contributed by atoms with Gasteiger partial charge >= 0.3 is 0 Å². The van der Waals surface area contributed by atoms with E-state index in [-0.39, 0.29) is 5.54 Å². The van der Waals surface area contributed by atoms with E-state index in [0.29, 0.717) is 5.41 Å². The van der Waals surface area contributed by atoms with Crippen LogP contribution in [-0.4, -0.2) is 12.1 Å². The molecule has 0 radical (unpaired) electrons. The Hall–Kier alpha value is -0.600. The summed E-state index contributed by atoms with van der Waals surface area (Å²) in [6, 6.07) is 4.44. The molecule has 0 fully saturated rings. The molecule has 0 aliphatic heterocycles. The molecule has 0 aromatic carbocycles. The molecule has 0 spiro atoms. The number of thiophene rings is 1. The van der Waals surface area contributed by atoms with Crippen LogP contribution in [0.2, 0.25) is 0 Å². The second kappa shape index (κ2) is 4.34. The van der Waals surface area contributed by atoms with E-state index in [0.717, 1.165) is 6.54 Å². The Morgan fingerprint density at radius 3 is 2.50 bits per heavy atom. The summed E-state index contributed by atoms with van der Waals surface area (Å²) >= 11 is 1.89. The van der Waals surface area contributed by atoms with Crippen molar-refractivity contribution in [3.63, 3.8) is 0 Å². The molecule has 2 heteroatoms. The summed E-state index contributed by atoms with van der Waals surface area (Å²) in [5, 5.41) is 5.85. The van der Waals surface area contributed by atoms with Crippen LogP contribution in [0.15, 0.2) is 29.7 Å². The van der Waals surface area contributed by atoms with Gasteiger partial charge in [-0.1, -0.05) is 18.2 Å². The summed E-state index contributed by atoms with van der Waals surface area (Å²) in [5.74, 6) is 0. The van der Waals surface area contributed by atoms with Gasteiger partial charge < -0.3 is 5.32 Å². The first-order valence-electron chi connectivity index (χ1n) is 5.96. The van der Waals surface area contributed by atoms with Crippen molar-refractivity contribution < 1.29 is 0 Å². The first-order chi connectivity index (χ1) is 7.52. The zero-order valence-electron chi connectivity index (χ0n) is 10.4. The number of hydrogen-bond donors (Lipinski definition) is 1. The van der Waals surface area contributed by atoms with E-state index in [1.807, 2.05) is 11.3 Å². The van der Waals surface area contributed by atoms with Crippen LogP contribution in [0.5, 0.6) is 0 Å². The largest absolute Gasteiger partial charge is 0.311 e. The average molecular weight is 235 g/mol. The van der Waals surface area contributed by atoms with Crippen molar-refractivity contribution in [1.29, 1.82) is 0 Å². The van der Waals surface area contributed by atoms with Crippen molar-refractivity contribution in [1.82, 2.24) is 5.32 Å². The minimum atomic E-state index is 0.201. The summed E-state index contributed by atoms with van der Waals surface area (Å²) in [6.45, 7) is 7.77. The van der Waals surface area contributed by atoms with Crippen LogP contribution >= 0.6 is 11.3 Å². The lowest BCUT2D eigenvalue weighted by Gasteiger charge is -2.32. The Labute approximate surface area is 103 Å². The molecule has 1 heterocycles. The molecule has 1 aliphatic carbocycles. The van der Waals surface area contributed by atoms with Gasteiger partial charge in [-0.2, -0.15) is 0 Å². The molecule has 1 aromatic rings. The number of hydrogen-bond acceptors (Lipinski definition) is 2. The Morgan fingerprint density at radius 2 is 2.00 bits per heavy atom. The molecule has 1 aliphatic rings. The molecule has 0 unspecified atom stereocenters. The predicted octanol–water partition coefficient (Wildman–Crippen LogP) is 3.72. The zero-order chi connectivity index (χ0) is 11.6. The highest BCUT2D eigenvalue weighted by Gasteiger charge is 2.34. The van der Waals surface area contributed by atoms with E-state index < -0.39 is 0 Å². The van der Waals surface area contributed by atoms with Gasteiger partial charge in [-0.25, -0.2) is 0 Å². The quantitative estimate of drug-likeness (QED) is 0.787. The van der Waals surface area contributed by atoms with Crippen molar-refractivity contribution in [3.05, 3.63) is 34.5 Å². The normalized spacial score (nSPS) is 19.2. The Bertz CT molecular complexity index is 349. The van der Waals surface area contributed by atoms with Gasteiger partial charge in [0.2, 0.25) is 0 Å². The summed E-state index contributed by atoms with van der Waals surface area (Å²) in [5.41, 5.74) is 0.522. The first kappa shape index (κ1) is 11.9. The van der Waals surface area contributed by atoms with Gasteiger partial charge in [0.25, 0.3) is 0 Å². The van der Waals surface area contributed by atoms with E-state index >= 15 is 0 Å². The lowest BCUT2D eigenvalue weighted by Crippen LogP contribution is -2.44.